The van der Waals surface area contributed by atoms with Gasteiger partial charge in [-0.3, -0.25) is 4.79 Å². The van der Waals surface area contributed by atoms with Crippen LogP contribution in [0.4, 0.5) is 30.7 Å². The molecule has 1 aliphatic rings. The predicted octanol–water partition coefficient (Wildman–Crippen LogP) is 5.24. The fourth-order valence-corrected chi connectivity index (χ4v) is 2.81. The first-order chi connectivity index (χ1) is 11.8. The lowest BCUT2D eigenvalue weighted by Gasteiger charge is -2.09. The Bertz CT molecular complexity index is 745. The van der Waals surface area contributed by atoms with Crippen LogP contribution < -0.4 is 0 Å². The minimum atomic E-state index is -4.78. The topological polar surface area (TPSA) is 26.3 Å². The van der Waals surface area contributed by atoms with E-state index in [9.17, 15) is 35.5 Å². The van der Waals surface area contributed by atoms with Gasteiger partial charge in [0.25, 0.3) is 0 Å². The zero-order valence-electron chi connectivity index (χ0n) is 13.4. The third-order valence-electron chi connectivity index (χ3n) is 4.32. The van der Waals surface area contributed by atoms with Gasteiger partial charge in [-0.15, -0.1) is 0 Å². The van der Waals surface area contributed by atoms with Crippen LogP contribution in [0.3, 0.4) is 0 Å². The Kier molecular flexibility index (Phi) is 5.34. The number of hydrogen-bond donors (Lipinski definition) is 0. The molecule has 2 nitrogen and oxygen atoms in total. The highest BCUT2D eigenvalue weighted by Crippen LogP contribution is 2.60. The Morgan fingerprint density at radius 1 is 1.19 bits per heavy atom. The Morgan fingerprint density at radius 2 is 1.69 bits per heavy atom. The van der Waals surface area contributed by atoms with Gasteiger partial charge in [0, 0.05) is 6.07 Å². The largest absolute Gasteiger partial charge is 0.460 e. The SMILES string of the molecule is CC1(C)C(C=C(Cl)C(F)(F)F)C1C(=O)OCc1c(F)c(F)cc(F)c1F. The number of benzene rings is 1. The van der Waals surface area contributed by atoms with Crippen molar-refractivity contribution in [3.63, 3.8) is 0 Å². The van der Waals surface area contributed by atoms with E-state index in [0.717, 1.165) is 0 Å². The van der Waals surface area contributed by atoms with Gasteiger partial charge in [0.05, 0.1) is 11.5 Å². The van der Waals surface area contributed by atoms with Crippen molar-refractivity contribution >= 4 is 17.6 Å². The third-order valence-corrected chi connectivity index (χ3v) is 4.66. The number of ether oxygens (including phenoxy) is 1. The summed E-state index contributed by atoms with van der Waals surface area (Å²) < 4.78 is 95.3. The van der Waals surface area contributed by atoms with Crippen LogP contribution in [-0.2, 0) is 16.1 Å². The summed E-state index contributed by atoms with van der Waals surface area (Å²) >= 11 is 5.14. The molecule has 0 saturated heterocycles. The Balaban J connectivity index is 2.13. The predicted molar refractivity (Wildman–Crippen MR) is 76.8 cm³/mol. The third kappa shape index (κ3) is 3.82. The van der Waals surface area contributed by atoms with Crippen LogP contribution in [0, 0.1) is 40.5 Å². The quantitative estimate of drug-likeness (QED) is 0.389. The fraction of sp³-hybridized carbons (Fsp3) is 0.438. The second kappa shape index (κ2) is 6.75. The summed E-state index contributed by atoms with van der Waals surface area (Å²) in [4.78, 5) is 12.0. The summed E-state index contributed by atoms with van der Waals surface area (Å²) in [5.41, 5.74) is -2.07. The monoisotopic (exact) mass is 404 g/mol. The lowest BCUT2D eigenvalue weighted by Crippen LogP contribution is -2.13. The van der Waals surface area contributed by atoms with Crippen LogP contribution in [0.25, 0.3) is 0 Å². The standard InChI is InChI=1S/C16H12ClF7O2/c1-15(2)7(3-10(17)16(22,23)24)11(15)14(25)26-5-6-12(20)8(18)4-9(19)13(6)21/h3-4,7,11H,5H2,1-2H3. The molecule has 2 rings (SSSR count). The van der Waals surface area contributed by atoms with E-state index >= 15 is 0 Å². The van der Waals surface area contributed by atoms with Crippen molar-refractivity contribution < 1.29 is 40.3 Å². The zero-order valence-corrected chi connectivity index (χ0v) is 14.1. The molecule has 0 heterocycles. The van der Waals surface area contributed by atoms with Gasteiger partial charge in [-0.1, -0.05) is 31.5 Å². The van der Waals surface area contributed by atoms with E-state index in [1.807, 2.05) is 0 Å². The molecule has 0 spiro atoms. The Morgan fingerprint density at radius 3 is 2.15 bits per heavy atom. The Labute approximate surface area is 148 Å². The summed E-state index contributed by atoms with van der Waals surface area (Å²) in [5, 5.41) is -1.41. The lowest BCUT2D eigenvalue weighted by atomic mass is 10.1. The van der Waals surface area contributed by atoms with Gasteiger partial charge >= 0.3 is 12.1 Å². The molecule has 26 heavy (non-hydrogen) atoms. The molecule has 0 amide bonds. The number of carbonyl (C=O) groups is 1. The smallest absolute Gasteiger partial charge is 0.426 e. The second-order valence-electron chi connectivity index (χ2n) is 6.39. The number of hydrogen-bond acceptors (Lipinski definition) is 2. The average molecular weight is 405 g/mol. The van der Waals surface area contributed by atoms with E-state index in [-0.39, 0.29) is 6.07 Å². The number of carbonyl (C=O) groups excluding carboxylic acids is 1. The maximum atomic E-state index is 13.5. The van der Waals surface area contributed by atoms with E-state index in [4.69, 9.17) is 11.6 Å². The highest BCUT2D eigenvalue weighted by atomic mass is 35.5. The van der Waals surface area contributed by atoms with Crippen molar-refractivity contribution in [1.82, 2.24) is 0 Å². The first-order valence-electron chi connectivity index (χ1n) is 7.21. The molecule has 0 aromatic heterocycles. The zero-order chi connectivity index (χ0) is 20.0. The molecule has 0 radical (unpaired) electrons. The van der Waals surface area contributed by atoms with Crippen molar-refractivity contribution in [2.24, 2.45) is 17.3 Å². The number of alkyl halides is 3. The van der Waals surface area contributed by atoms with Gasteiger partial charge in [0.1, 0.15) is 11.6 Å². The maximum absolute atomic E-state index is 13.5. The minimum absolute atomic E-state index is 0.0000480. The molecule has 0 aliphatic heterocycles. The number of esters is 1. The van der Waals surface area contributed by atoms with Gasteiger partial charge < -0.3 is 4.74 Å². The fourth-order valence-electron chi connectivity index (χ4n) is 2.67. The molecule has 144 valence electrons. The van der Waals surface area contributed by atoms with Crippen LogP contribution >= 0.6 is 11.6 Å². The highest BCUT2D eigenvalue weighted by molar-refractivity contribution is 6.30. The van der Waals surface area contributed by atoms with Gasteiger partial charge in [0.2, 0.25) is 0 Å². The summed E-state index contributed by atoms with van der Waals surface area (Å²) in [7, 11) is 0. The molecular weight excluding hydrogens is 393 g/mol. The average Bonchev–Trinajstić information content (AvgIpc) is 3.04. The van der Waals surface area contributed by atoms with Crippen molar-refractivity contribution in [3.05, 3.63) is 46.0 Å². The molecular formula is C16H12ClF7O2. The van der Waals surface area contributed by atoms with Gasteiger partial charge in [-0.05, 0) is 11.3 Å². The maximum Gasteiger partial charge on any atom is 0.426 e. The van der Waals surface area contributed by atoms with Crippen molar-refractivity contribution in [2.45, 2.75) is 26.6 Å². The van der Waals surface area contributed by atoms with Gasteiger partial charge in [-0.2, -0.15) is 13.2 Å². The van der Waals surface area contributed by atoms with E-state index < -0.39 is 69.9 Å². The van der Waals surface area contributed by atoms with Gasteiger partial charge in [-0.25, -0.2) is 17.6 Å². The van der Waals surface area contributed by atoms with E-state index in [0.29, 0.717) is 6.08 Å². The van der Waals surface area contributed by atoms with Crippen LogP contribution in [0.5, 0.6) is 0 Å². The molecule has 1 aromatic rings. The molecule has 1 aromatic carbocycles. The summed E-state index contributed by atoms with van der Waals surface area (Å²) in [6, 6.07) is -0.0000480. The van der Waals surface area contributed by atoms with Crippen LogP contribution in [0.15, 0.2) is 17.2 Å². The first kappa shape index (κ1) is 20.5. The van der Waals surface area contributed by atoms with Crippen LogP contribution in [0.1, 0.15) is 19.4 Å². The van der Waals surface area contributed by atoms with Gasteiger partial charge in [0.15, 0.2) is 23.3 Å². The number of halogens is 8. The summed E-state index contributed by atoms with van der Waals surface area (Å²) in [6.45, 7) is 1.84. The summed E-state index contributed by atoms with van der Waals surface area (Å²) in [5.74, 6) is -9.80. The van der Waals surface area contributed by atoms with Crippen LogP contribution in [0.2, 0.25) is 0 Å². The molecule has 10 heteroatoms. The summed E-state index contributed by atoms with van der Waals surface area (Å²) in [6.07, 6.45) is -4.11. The number of allylic oxidation sites excluding steroid dienone is 2. The second-order valence-corrected chi connectivity index (χ2v) is 6.80. The minimum Gasteiger partial charge on any atom is -0.460 e. The molecule has 1 fully saturated rings. The molecule has 1 aliphatic carbocycles. The van der Waals surface area contributed by atoms with E-state index in [1.54, 1.807) is 0 Å². The highest BCUT2D eigenvalue weighted by Gasteiger charge is 2.62. The van der Waals surface area contributed by atoms with Crippen molar-refractivity contribution in [3.8, 4) is 0 Å². The van der Waals surface area contributed by atoms with E-state index in [1.165, 1.54) is 13.8 Å². The molecule has 2 atom stereocenters. The molecule has 1 saturated carbocycles. The van der Waals surface area contributed by atoms with Crippen molar-refractivity contribution in [2.75, 3.05) is 0 Å². The van der Waals surface area contributed by atoms with Crippen molar-refractivity contribution in [1.29, 1.82) is 0 Å². The van der Waals surface area contributed by atoms with Crippen LogP contribution in [-0.4, -0.2) is 12.1 Å². The molecule has 0 N–H and O–H groups in total. The Hall–Kier alpha value is -1.77. The lowest BCUT2D eigenvalue weighted by molar-refractivity contribution is -0.147. The number of rotatable bonds is 4. The first-order valence-corrected chi connectivity index (χ1v) is 7.59. The molecule has 0 bridgehead atoms. The normalized spacial score (nSPS) is 22.3. The van der Waals surface area contributed by atoms with E-state index in [2.05, 4.69) is 4.74 Å². The molecule has 2 unspecified atom stereocenters.